The first-order valence-corrected chi connectivity index (χ1v) is 4.35. The van der Waals surface area contributed by atoms with Crippen LogP contribution in [0.2, 0.25) is 0 Å². The fraction of sp³-hybridized carbons (Fsp3) is 0.571. The zero-order valence-electron chi connectivity index (χ0n) is 8.47. The summed E-state index contributed by atoms with van der Waals surface area (Å²) in [5, 5.41) is 15.2. The summed E-state index contributed by atoms with van der Waals surface area (Å²) in [5.41, 5.74) is 0. The van der Waals surface area contributed by atoms with Crippen LogP contribution in [0.5, 0.6) is 0 Å². The van der Waals surface area contributed by atoms with Crippen molar-refractivity contribution < 1.29 is 9.59 Å². The van der Waals surface area contributed by atoms with Crippen LogP contribution in [0.15, 0.2) is 6.33 Å². The number of carbonyl (C=O) groups excluding carboxylic acids is 2. The molecule has 2 amide bonds. The van der Waals surface area contributed by atoms with E-state index in [0.717, 1.165) is 0 Å². The van der Waals surface area contributed by atoms with Crippen LogP contribution in [0.3, 0.4) is 0 Å². The molecule has 1 aromatic heterocycles. The van der Waals surface area contributed by atoms with Crippen molar-refractivity contribution in [1.29, 1.82) is 0 Å². The Morgan fingerprint density at radius 1 is 1.53 bits per heavy atom. The van der Waals surface area contributed by atoms with Crippen molar-refractivity contribution in [2.75, 3.05) is 7.05 Å². The topological polar surface area (TPSA) is 102 Å². The Bertz CT molecular complexity index is 335. The summed E-state index contributed by atoms with van der Waals surface area (Å²) in [7, 11) is 1.51. The number of likely N-dealkylation sites (N-methyl/N-ethyl adjacent to an activating group) is 1. The molecule has 1 aromatic rings. The van der Waals surface area contributed by atoms with Crippen LogP contribution < -0.4 is 10.6 Å². The van der Waals surface area contributed by atoms with E-state index in [9.17, 15) is 9.59 Å². The molecule has 0 aromatic carbocycles. The molecule has 15 heavy (non-hydrogen) atoms. The molecular formula is C7H12N6O2. The maximum absolute atomic E-state index is 11.3. The lowest BCUT2D eigenvalue weighted by atomic mass is 10.3. The van der Waals surface area contributed by atoms with E-state index in [-0.39, 0.29) is 18.4 Å². The second kappa shape index (κ2) is 5.03. The minimum atomic E-state index is -0.570. The molecule has 2 N–H and O–H groups in total. The lowest BCUT2D eigenvalue weighted by Gasteiger charge is -2.11. The number of amides is 2. The third kappa shape index (κ3) is 3.33. The van der Waals surface area contributed by atoms with Crippen molar-refractivity contribution in [2.45, 2.75) is 19.5 Å². The zero-order valence-corrected chi connectivity index (χ0v) is 8.47. The molecule has 0 saturated carbocycles. The maximum Gasteiger partial charge on any atom is 0.242 e. The van der Waals surface area contributed by atoms with E-state index >= 15 is 0 Å². The number of nitrogens with zero attached hydrogens (tertiary/aromatic N) is 4. The standard InChI is InChI=1S/C7H12N6O2/c1-5(7(15)8-2)10-6(14)3-13-4-9-11-12-13/h4-5H,3H2,1-2H3,(H,8,15)(H,10,14)/t5-/m1/s1. The number of aromatic nitrogens is 4. The summed E-state index contributed by atoms with van der Waals surface area (Å²) in [4.78, 5) is 22.4. The maximum atomic E-state index is 11.3. The quantitative estimate of drug-likeness (QED) is 0.596. The van der Waals surface area contributed by atoms with Gasteiger partial charge in [-0.15, -0.1) is 5.10 Å². The van der Waals surface area contributed by atoms with Crippen molar-refractivity contribution >= 4 is 11.8 Å². The molecule has 0 aliphatic rings. The Morgan fingerprint density at radius 3 is 2.80 bits per heavy atom. The molecule has 0 unspecified atom stereocenters. The first kappa shape index (κ1) is 11.1. The summed E-state index contributed by atoms with van der Waals surface area (Å²) in [6.07, 6.45) is 1.32. The van der Waals surface area contributed by atoms with Crippen molar-refractivity contribution in [3.8, 4) is 0 Å². The molecule has 0 spiro atoms. The zero-order chi connectivity index (χ0) is 11.3. The summed E-state index contributed by atoms with van der Waals surface area (Å²) >= 11 is 0. The highest BCUT2D eigenvalue weighted by atomic mass is 16.2. The van der Waals surface area contributed by atoms with Gasteiger partial charge in [0.25, 0.3) is 0 Å². The van der Waals surface area contributed by atoms with Crippen LogP contribution >= 0.6 is 0 Å². The summed E-state index contributed by atoms with van der Waals surface area (Å²) < 4.78 is 1.27. The minimum Gasteiger partial charge on any atom is -0.357 e. The largest absolute Gasteiger partial charge is 0.357 e. The van der Waals surface area contributed by atoms with E-state index in [2.05, 4.69) is 26.2 Å². The van der Waals surface area contributed by atoms with Crippen molar-refractivity contribution in [3.05, 3.63) is 6.33 Å². The number of hydrogen-bond acceptors (Lipinski definition) is 5. The van der Waals surface area contributed by atoms with Gasteiger partial charge in [-0.3, -0.25) is 9.59 Å². The molecule has 8 heteroatoms. The molecule has 8 nitrogen and oxygen atoms in total. The van der Waals surface area contributed by atoms with Crippen LogP contribution in [0, 0.1) is 0 Å². The van der Waals surface area contributed by atoms with E-state index < -0.39 is 6.04 Å². The van der Waals surface area contributed by atoms with Crippen LogP contribution in [-0.4, -0.2) is 45.1 Å². The lowest BCUT2D eigenvalue weighted by Crippen LogP contribution is -2.44. The smallest absolute Gasteiger partial charge is 0.242 e. The summed E-state index contributed by atoms with van der Waals surface area (Å²) in [5.74, 6) is -0.571. The fourth-order valence-corrected chi connectivity index (χ4v) is 0.969. The molecule has 0 saturated heterocycles. The highest BCUT2D eigenvalue weighted by Crippen LogP contribution is 1.84. The van der Waals surface area contributed by atoms with Gasteiger partial charge >= 0.3 is 0 Å². The first-order chi connectivity index (χ1) is 7.13. The number of nitrogens with one attached hydrogen (secondary N) is 2. The fourth-order valence-electron chi connectivity index (χ4n) is 0.969. The summed E-state index contributed by atoms with van der Waals surface area (Å²) in [6.45, 7) is 1.59. The van der Waals surface area contributed by atoms with Gasteiger partial charge in [0, 0.05) is 7.05 Å². The van der Waals surface area contributed by atoms with Crippen LogP contribution in [-0.2, 0) is 16.1 Å². The van der Waals surface area contributed by atoms with Gasteiger partial charge < -0.3 is 10.6 Å². The molecule has 0 aliphatic heterocycles. The Balaban J connectivity index is 2.39. The molecule has 1 atom stereocenters. The molecule has 0 bridgehead atoms. The average molecular weight is 212 g/mol. The molecule has 1 heterocycles. The first-order valence-electron chi connectivity index (χ1n) is 4.35. The van der Waals surface area contributed by atoms with Crippen LogP contribution in [0.4, 0.5) is 0 Å². The Hall–Kier alpha value is -1.99. The molecule has 82 valence electrons. The normalized spacial score (nSPS) is 11.9. The van der Waals surface area contributed by atoms with Crippen molar-refractivity contribution in [1.82, 2.24) is 30.8 Å². The van der Waals surface area contributed by atoms with E-state index in [0.29, 0.717) is 0 Å². The number of carbonyl (C=O) groups is 2. The van der Waals surface area contributed by atoms with Gasteiger partial charge in [0.05, 0.1) is 0 Å². The van der Waals surface area contributed by atoms with Gasteiger partial charge in [-0.1, -0.05) is 0 Å². The highest BCUT2D eigenvalue weighted by Gasteiger charge is 2.14. The van der Waals surface area contributed by atoms with E-state index in [1.54, 1.807) is 6.92 Å². The van der Waals surface area contributed by atoms with Gasteiger partial charge in [-0.2, -0.15) is 0 Å². The predicted octanol–water partition coefficient (Wildman–Crippen LogP) is -2.08. The van der Waals surface area contributed by atoms with Gasteiger partial charge in [-0.25, -0.2) is 4.68 Å². The van der Waals surface area contributed by atoms with Gasteiger partial charge in [0.15, 0.2) is 0 Å². The average Bonchev–Trinajstić information content (AvgIpc) is 2.68. The van der Waals surface area contributed by atoms with E-state index in [1.165, 1.54) is 18.1 Å². The molecule has 1 rings (SSSR count). The van der Waals surface area contributed by atoms with Gasteiger partial charge in [0.1, 0.15) is 18.9 Å². The SMILES string of the molecule is CNC(=O)[C@@H](C)NC(=O)Cn1cnnn1. The van der Waals surface area contributed by atoms with Crippen LogP contribution in [0.1, 0.15) is 6.92 Å². The number of tetrazole rings is 1. The lowest BCUT2D eigenvalue weighted by molar-refractivity contribution is -0.128. The monoisotopic (exact) mass is 212 g/mol. The van der Waals surface area contributed by atoms with Gasteiger partial charge in [0.2, 0.25) is 11.8 Å². The van der Waals surface area contributed by atoms with Crippen LogP contribution in [0.25, 0.3) is 0 Å². The third-order valence-corrected chi connectivity index (χ3v) is 1.71. The Kier molecular flexibility index (Phi) is 3.72. The second-order valence-corrected chi connectivity index (χ2v) is 2.91. The minimum absolute atomic E-state index is 0.00562. The van der Waals surface area contributed by atoms with E-state index in [1.807, 2.05) is 0 Å². The number of hydrogen-bond donors (Lipinski definition) is 2. The van der Waals surface area contributed by atoms with Gasteiger partial charge in [-0.05, 0) is 17.4 Å². The molecule has 0 aliphatic carbocycles. The third-order valence-electron chi connectivity index (χ3n) is 1.71. The second-order valence-electron chi connectivity index (χ2n) is 2.91. The molecular weight excluding hydrogens is 200 g/mol. The van der Waals surface area contributed by atoms with Crippen molar-refractivity contribution in [2.24, 2.45) is 0 Å². The molecule has 0 fully saturated rings. The highest BCUT2D eigenvalue weighted by molar-refractivity contribution is 5.86. The van der Waals surface area contributed by atoms with Crippen molar-refractivity contribution in [3.63, 3.8) is 0 Å². The Morgan fingerprint density at radius 2 is 2.27 bits per heavy atom. The van der Waals surface area contributed by atoms with E-state index in [4.69, 9.17) is 0 Å². The number of rotatable bonds is 4. The Labute approximate surface area is 86.0 Å². The molecule has 0 radical (unpaired) electrons. The summed E-state index contributed by atoms with van der Waals surface area (Å²) in [6, 6.07) is -0.570. The predicted molar refractivity (Wildman–Crippen MR) is 49.5 cm³/mol.